The molecule has 6 aliphatic rings. The number of rotatable bonds is 2. The lowest BCUT2D eigenvalue weighted by Crippen LogP contribution is -2.76. The van der Waals surface area contributed by atoms with Gasteiger partial charge in [0.15, 0.2) is 23.8 Å². The van der Waals surface area contributed by atoms with Crippen molar-refractivity contribution in [3.63, 3.8) is 0 Å². The number of hydrazone groups is 2. The molecule has 1 saturated heterocycles. The average Bonchev–Trinajstić information content (AvgIpc) is 3.76. The van der Waals surface area contributed by atoms with E-state index < -0.39 is 0 Å². The quantitative estimate of drug-likeness (QED) is 0.297. The number of para-hydroxylation sites is 6. The number of nitrogens with zero attached hydrogens (tertiary/aromatic N) is 6. The van der Waals surface area contributed by atoms with Crippen LogP contribution in [0, 0.1) is 0 Å². The smallest absolute Gasteiger partial charge is 0.157 e. The number of anilines is 4. The monoisotopic (exact) mass is 598 g/mol. The molecule has 0 bridgehead atoms. The summed E-state index contributed by atoms with van der Waals surface area (Å²) >= 11 is 1.87. The fraction of sp³-hybridized carbons (Fsp3) is 0.235. The Bertz CT molecular complexity index is 1760. The molecular weight excluding hydrogens is 568 g/mol. The molecule has 6 atom stereocenters. The van der Waals surface area contributed by atoms with Gasteiger partial charge < -0.3 is 24.3 Å². The van der Waals surface area contributed by atoms with E-state index in [2.05, 4.69) is 138 Å². The van der Waals surface area contributed by atoms with E-state index in [1.807, 2.05) is 24.4 Å². The van der Waals surface area contributed by atoms with Gasteiger partial charge in [-0.25, -0.2) is 0 Å². The Labute approximate surface area is 259 Å². The minimum absolute atomic E-state index is 0.00102. The fourth-order valence-electron chi connectivity index (χ4n) is 8.22. The van der Waals surface area contributed by atoms with Gasteiger partial charge in [0.05, 0.1) is 40.9 Å². The van der Waals surface area contributed by atoms with Crippen LogP contribution in [0.1, 0.15) is 12.8 Å². The van der Waals surface area contributed by atoms with E-state index in [4.69, 9.17) is 4.74 Å². The van der Waals surface area contributed by atoms with E-state index >= 15 is 0 Å². The van der Waals surface area contributed by atoms with Crippen LogP contribution in [0.25, 0.3) is 0 Å². The molecule has 44 heavy (non-hydrogen) atoms. The lowest BCUT2D eigenvalue weighted by atomic mass is 9.77. The molecule has 5 aliphatic heterocycles. The van der Waals surface area contributed by atoms with E-state index in [0.717, 1.165) is 35.7 Å². The summed E-state index contributed by atoms with van der Waals surface area (Å²) in [6.07, 6.45) is 5.92. The molecule has 2 fully saturated rings. The summed E-state index contributed by atoms with van der Waals surface area (Å²) in [7, 11) is 0. The molecule has 0 aromatic heterocycles. The first-order valence-electron chi connectivity index (χ1n) is 15.3. The highest BCUT2D eigenvalue weighted by Crippen LogP contribution is 2.54. The predicted molar refractivity (Wildman–Crippen MR) is 173 cm³/mol. The number of hydrogen-bond donors (Lipinski definition) is 2. The third kappa shape index (κ3) is 3.42. The van der Waals surface area contributed by atoms with Crippen LogP contribution in [-0.4, -0.2) is 59.0 Å². The predicted octanol–water partition coefficient (Wildman–Crippen LogP) is 5.86. The van der Waals surface area contributed by atoms with E-state index in [1.54, 1.807) is 0 Å². The number of piperazine rings is 1. The Balaban J connectivity index is 1.17. The summed E-state index contributed by atoms with van der Waals surface area (Å²) in [4.78, 5) is 12.7. The van der Waals surface area contributed by atoms with E-state index in [1.165, 1.54) is 21.2 Å². The zero-order valence-electron chi connectivity index (χ0n) is 23.8. The molecule has 1 saturated carbocycles. The van der Waals surface area contributed by atoms with Crippen molar-refractivity contribution in [1.29, 1.82) is 0 Å². The van der Waals surface area contributed by atoms with Crippen LogP contribution in [0.3, 0.4) is 0 Å². The average molecular weight is 599 g/mol. The first-order chi connectivity index (χ1) is 21.8. The van der Waals surface area contributed by atoms with Gasteiger partial charge in [-0.3, -0.25) is 10.9 Å². The molecule has 0 radical (unpaired) electrons. The molecule has 1 aliphatic carbocycles. The summed E-state index contributed by atoms with van der Waals surface area (Å²) < 4.78 is 6.48. The number of nitrogens with one attached hydrogen (secondary N) is 2. The molecule has 5 heterocycles. The zero-order valence-corrected chi connectivity index (χ0v) is 24.6. The third-order valence-corrected chi connectivity index (χ3v) is 11.0. The van der Waals surface area contributed by atoms with Crippen molar-refractivity contribution in [3.05, 3.63) is 97.1 Å². The van der Waals surface area contributed by atoms with Crippen molar-refractivity contribution in [3.8, 4) is 11.5 Å². The van der Waals surface area contributed by atoms with Crippen molar-refractivity contribution in [2.24, 2.45) is 10.2 Å². The summed E-state index contributed by atoms with van der Waals surface area (Å²) in [5.74, 6) is 1.77. The molecule has 4 aromatic rings. The van der Waals surface area contributed by atoms with Gasteiger partial charge in [-0.2, -0.15) is 10.2 Å². The summed E-state index contributed by atoms with van der Waals surface area (Å²) in [5.41, 5.74) is 11.5. The number of hydrogen-bond acceptors (Lipinski definition) is 10. The standard InChI is InChI=1S/C34H30N8OS/c1-5-13-28-22(9-1)42(23-10-2-6-14-29(23)43-28)27-18-21(17-26-32(27)40-20-36-38-34(40)33-37-35-19-39(26)33)41-24-11-3-7-15-30(24)44-31-16-8-4-12-25(31)41/h1-16,19-21,26-27,32-34,37-38H,17-18H2. The highest BCUT2D eigenvalue weighted by molar-refractivity contribution is 7.99. The minimum Gasteiger partial charge on any atom is -0.453 e. The second-order valence-electron chi connectivity index (χ2n) is 12.1. The second kappa shape index (κ2) is 9.33. The molecular formula is C34H30N8OS. The van der Waals surface area contributed by atoms with Crippen LogP contribution < -0.4 is 25.4 Å². The van der Waals surface area contributed by atoms with Crippen LogP contribution >= 0.6 is 11.8 Å². The van der Waals surface area contributed by atoms with Crippen molar-refractivity contribution in [2.45, 2.75) is 59.1 Å². The van der Waals surface area contributed by atoms with Crippen molar-refractivity contribution >= 4 is 47.2 Å². The lowest BCUT2D eigenvalue weighted by molar-refractivity contribution is -0.0174. The number of fused-ring (bicyclic) bond motifs is 10. The lowest BCUT2D eigenvalue weighted by Gasteiger charge is -2.59. The Hall–Kier alpha value is -4.83. The molecule has 218 valence electrons. The van der Waals surface area contributed by atoms with Crippen molar-refractivity contribution < 1.29 is 4.74 Å². The van der Waals surface area contributed by atoms with Gasteiger partial charge in [-0.15, -0.1) is 0 Å². The van der Waals surface area contributed by atoms with Gasteiger partial charge in [-0.1, -0.05) is 60.3 Å². The number of ether oxygens (including phenoxy) is 1. The van der Waals surface area contributed by atoms with Gasteiger partial charge >= 0.3 is 0 Å². The van der Waals surface area contributed by atoms with Gasteiger partial charge in [0.25, 0.3) is 0 Å². The van der Waals surface area contributed by atoms with Crippen LogP contribution in [0.4, 0.5) is 22.7 Å². The topological polar surface area (TPSA) is 71.0 Å². The highest BCUT2D eigenvalue weighted by atomic mass is 32.2. The first-order valence-corrected chi connectivity index (χ1v) is 16.1. The van der Waals surface area contributed by atoms with Gasteiger partial charge in [-0.05, 0) is 61.4 Å². The van der Waals surface area contributed by atoms with Gasteiger partial charge in [0.2, 0.25) is 0 Å². The molecule has 10 rings (SSSR count). The Morgan fingerprint density at radius 2 is 1.11 bits per heavy atom. The van der Waals surface area contributed by atoms with E-state index in [-0.39, 0.29) is 36.5 Å². The molecule has 10 heteroatoms. The van der Waals surface area contributed by atoms with Crippen LogP contribution in [-0.2, 0) is 0 Å². The summed E-state index contributed by atoms with van der Waals surface area (Å²) in [6.45, 7) is 0. The summed E-state index contributed by atoms with van der Waals surface area (Å²) in [5, 5.41) is 9.16. The Kier molecular flexibility index (Phi) is 5.22. The third-order valence-electron chi connectivity index (χ3n) is 9.92. The van der Waals surface area contributed by atoms with Crippen molar-refractivity contribution in [1.82, 2.24) is 20.7 Å². The molecule has 6 unspecified atom stereocenters. The maximum absolute atomic E-state index is 6.48. The Morgan fingerprint density at radius 1 is 0.591 bits per heavy atom. The Morgan fingerprint density at radius 3 is 1.77 bits per heavy atom. The maximum atomic E-state index is 6.48. The van der Waals surface area contributed by atoms with Gasteiger partial charge in [0, 0.05) is 15.8 Å². The van der Waals surface area contributed by atoms with Crippen LogP contribution in [0.15, 0.2) is 117 Å². The minimum atomic E-state index is -0.0165. The van der Waals surface area contributed by atoms with E-state index in [9.17, 15) is 0 Å². The molecule has 2 N–H and O–H groups in total. The van der Waals surface area contributed by atoms with Crippen LogP contribution in [0.2, 0.25) is 0 Å². The number of benzene rings is 4. The second-order valence-corrected chi connectivity index (χ2v) is 13.2. The van der Waals surface area contributed by atoms with Crippen molar-refractivity contribution in [2.75, 3.05) is 9.80 Å². The zero-order chi connectivity index (χ0) is 28.8. The normalized spacial score (nSPS) is 28.4. The first kappa shape index (κ1) is 24.6. The molecule has 0 spiro atoms. The van der Waals surface area contributed by atoms with Crippen LogP contribution in [0.5, 0.6) is 11.5 Å². The van der Waals surface area contributed by atoms with E-state index in [0.29, 0.717) is 0 Å². The molecule has 9 nitrogen and oxygen atoms in total. The fourth-order valence-corrected chi connectivity index (χ4v) is 9.29. The molecule has 0 amide bonds. The summed E-state index contributed by atoms with van der Waals surface area (Å²) in [6, 6.07) is 35.3. The van der Waals surface area contributed by atoms with Gasteiger partial charge in [0.1, 0.15) is 12.7 Å². The molecule has 4 aromatic carbocycles. The maximum Gasteiger partial charge on any atom is 0.157 e. The highest BCUT2D eigenvalue weighted by Gasteiger charge is 2.57. The SMILES string of the molecule is C1=NNC2C3NN=CN3C3C(N4c5ccccc5Oc5ccccc54)CC(N4c5ccccc5Sc5ccccc54)CC3N12. The largest absolute Gasteiger partial charge is 0.453 e.